The van der Waals surface area contributed by atoms with Crippen LogP contribution < -0.4 is 0 Å². The zero-order valence-electron chi connectivity index (χ0n) is 19.5. The van der Waals surface area contributed by atoms with Crippen LogP contribution in [0.1, 0.15) is 81.8 Å². The molecule has 1 aliphatic rings. The summed E-state index contributed by atoms with van der Waals surface area (Å²) >= 11 is 0. The van der Waals surface area contributed by atoms with Gasteiger partial charge in [0, 0.05) is 23.6 Å². The summed E-state index contributed by atoms with van der Waals surface area (Å²) in [6.07, 6.45) is 13.5. The Morgan fingerprint density at radius 3 is 2.42 bits per heavy atom. The van der Waals surface area contributed by atoms with Gasteiger partial charge in [-0.1, -0.05) is 57.2 Å². The maximum absolute atomic E-state index is 13.8. The van der Waals surface area contributed by atoms with Gasteiger partial charge >= 0.3 is 0 Å². The Hall–Kier alpha value is -2.48. The predicted molar refractivity (Wildman–Crippen MR) is 132 cm³/mol. The normalized spacial score (nSPS) is 15.3. The van der Waals surface area contributed by atoms with E-state index in [4.69, 9.17) is 4.98 Å². The van der Waals surface area contributed by atoms with Crippen LogP contribution in [0.3, 0.4) is 0 Å². The summed E-state index contributed by atoms with van der Waals surface area (Å²) in [5.41, 5.74) is 6.95. The SMILES string of the molecule is C=CCc1nc(C2CC2)c(/C=C/C)c(-c2ccc(F)cc2)c1C(C)(C)CCC(C)C=C. The molecule has 1 heterocycles. The zero-order valence-corrected chi connectivity index (χ0v) is 19.5. The summed E-state index contributed by atoms with van der Waals surface area (Å²) in [4.78, 5) is 5.24. The molecule has 164 valence electrons. The Balaban J connectivity index is 2.32. The Kier molecular flexibility index (Phi) is 7.30. The quantitative estimate of drug-likeness (QED) is 0.354. The summed E-state index contributed by atoms with van der Waals surface area (Å²) in [6, 6.07) is 6.96. The predicted octanol–water partition coefficient (Wildman–Crippen LogP) is 8.41. The Labute approximate surface area is 187 Å². The van der Waals surface area contributed by atoms with Crippen molar-refractivity contribution in [1.29, 1.82) is 0 Å². The third-order valence-electron chi connectivity index (χ3n) is 6.41. The van der Waals surface area contributed by atoms with Crippen LogP contribution in [0.15, 0.2) is 55.7 Å². The lowest BCUT2D eigenvalue weighted by molar-refractivity contribution is 0.427. The van der Waals surface area contributed by atoms with E-state index in [1.165, 1.54) is 35.2 Å². The van der Waals surface area contributed by atoms with Crippen LogP contribution in [0.25, 0.3) is 17.2 Å². The number of aromatic nitrogens is 1. The Morgan fingerprint density at radius 1 is 1.19 bits per heavy atom. The van der Waals surface area contributed by atoms with E-state index in [0.717, 1.165) is 30.5 Å². The molecular weight excluding hydrogens is 381 g/mol. The zero-order chi connectivity index (χ0) is 22.6. The first kappa shape index (κ1) is 23.2. The lowest BCUT2D eigenvalue weighted by Crippen LogP contribution is -2.24. The van der Waals surface area contributed by atoms with Crippen molar-refractivity contribution in [1.82, 2.24) is 4.98 Å². The van der Waals surface area contributed by atoms with Gasteiger partial charge in [0.1, 0.15) is 5.82 Å². The molecule has 1 aliphatic carbocycles. The average molecular weight is 418 g/mol. The molecule has 2 aromatic rings. The third kappa shape index (κ3) is 5.23. The van der Waals surface area contributed by atoms with Crippen LogP contribution in [0.5, 0.6) is 0 Å². The van der Waals surface area contributed by atoms with Crippen molar-refractivity contribution >= 4 is 6.08 Å². The summed E-state index contributed by atoms with van der Waals surface area (Å²) < 4.78 is 13.8. The van der Waals surface area contributed by atoms with Gasteiger partial charge in [0.2, 0.25) is 0 Å². The number of hydrogen-bond acceptors (Lipinski definition) is 1. The smallest absolute Gasteiger partial charge is 0.123 e. The molecule has 0 aliphatic heterocycles. The van der Waals surface area contributed by atoms with Crippen LogP contribution >= 0.6 is 0 Å². The number of allylic oxidation sites excluding steroid dienone is 3. The van der Waals surface area contributed by atoms with Gasteiger partial charge in [-0.3, -0.25) is 4.98 Å². The molecule has 2 heteroatoms. The highest BCUT2D eigenvalue weighted by molar-refractivity contribution is 5.81. The van der Waals surface area contributed by atoms with E-state index in [2.05, 4.69) is 53.0 Å². The molecule has 1 aromatic heterocycles. The van der Waals surface area contributed by atoms with E-state index >= 15 is 0 Å². The van der Waals surface area contributed by atoms with E-state index in [1.807, 2.05) is 24.3 Å². The number of pyridine rings is 1. The molecule has 1 saturated carbocycles. The molecule has 3 rings (SSSR count). The van der Waals surface area contributed by atoms with Crippen molar-refractivity contribution in [3.8, 4) is 11.1 Å². The van der Waals surface area contributed by atoms with Gasteiger partial charge in [0.15, 0.2) is 0 Å². The second-order valence-corrected chi connectivity index (χ2v) is 9.52. The van der Waals surface area contributed by atoms with Crippen molar-refractivity contribution in [2.75, 3.05) is 0 Å². The van der Waals surface area contributed by atoms with Crippen LogP contribution in [-0.2, 0) is 11.8 Å². The maximum Gasteiger partial charge on any atom is 0.123 e. The highest BCUT2D eigenvalue weighted by Gasteiger charge is 2.34. The van der Waals surface area contributed by atoms with Crippen molar-refractivity contribution in [3.63, 3.8) is 0 Å². The lowest BCUT2D eigenvalue weighted by atomic mass is 9.73. The number of rotatable bonds is 10. The molecule has 1 nitrogen and oxygen atoms in total. The number of benzene rings is 1. The van der Waals surface area contributed by atoms with Gasteiger partial charge in [0.05, 0.1) is 5.69 Å². The summed E-state index contributed by atoms with van der Waals surface area (Å²) in [5, 5.41) is 0. The summed E-state index contributed by atoms with van der Waals surface area (Å²) in [5.74, 6) is 0.775. The fourth-order valence-electron chi connectivity index (χ4n) is 4.43. The van der Waals surface area contributed by atoms with Gasteiger partial charge < -0.3 is 0 Å². The van der Waals surface area contributed by atoms with E-state index in [0.29, 0.717) is 11.8 Å². The number of hydrogen-bond donors (Lipinski definition) is 0. The highest BCUT2D eigenvalue weighted by Crippen LogP contribution is 2.48. The monoisotopic (exact) mass is 417 g/mol. The molecule has 1 fully saturated rings. The average Bonchev–Trinajstić information content (AvgIpc) is 3.58. The molecule has 31 heavy (non-hydrogen) atoms. The van der Waals surface area contributed by atoms with Gasteiger partial charge in [-0.25, -0.2) is 4.39 Å². The van der Waals surface area contributed by atoms with Crippen molar-refractivity contribution in [2.45, 2.75) is 71.1 Å². The Bertz CT molecular complexity index is 961. The van der Waals surface area contributed by atoms with Crippen LogP contribution in [0.2, 0.25) is 0 Å². The van der Waals surface area contributed by atoms with Crippen LogP contribution in [0, 0.1) is 11.7 Å². The molecular formula is C29H36FN. The fraction of sp³-hybridized carbons (Fsp3) is 0.414. The van der Waals surface area contributed by atoms with Gasteiger partial charge in [0.25, 0.3) is 0 Å². The van der Waals surface area contributed by atoms with Crippen LogP contribution in [0.4, 0.5) is 4.39 Å². The molecule has 1 atom stereocenters. The Morgan fingerprint density at radius 2 is 1.87 bits per heavy atom. The minimum Gasteiger partial charge on any atom is -0.256 e. The molecule has 0 saturated heterocycles. The van der Waals surface area contributed by atoms with Gasteiger partial charge in [-0.15, -0.1) is 13.2 Å². The standard InChI is InChI=1S/C29H36FN/c1-7-10-24-26(21-14-16-23(30)17-15-21)27(29(5,6)19-18-20(4)9-3)25(11-8-2)31-28(24)22-12-13-22/h7-10,14-17,20,22H,2-3,11-13,18-19H2,1,4-6H3/b10-7+. The van der Waals surface area contributed by atoms with E-state index in [1.54, 1.807) is 12.1 Å². The van der Waals surface area contributed by atoms with Crippen molar-refractivity contribution < 1.29 is 4.39 Å². The highest BCUT2D eigenvalue weighted by atomic mass is 19.1. The molecule has 0 amide bonds. The summed E-state index contributed by atoms with van der Waals surface area (Å²) in [7, 11) is 0. The second kappa shape index (κ2) is 9.77. The molecule has 0 bridgehead atoms. The lowest BCUT2D eigenvalue weighted by Gasteiger charge is -2.33. The van der Waals surface area contributed by atoms with Gasteiger partial charge in [-0.05, 0) is 72.8 Å². The number of halogens is 1. The number of nitrogens with zero attached hydrogens (tertiary/aromatic N) is 1. The van der Waals surface area contributed by atoms with Crippen molar-refractivity contribution in [3.05, 3.63) is 84.0 Å². The second-order valence-electron chi connectivity index (χ2n) is 9.52. The van der Waals surface area contributed by atoms with E-state index < -0.39 is 0 Å². The molecule has 1 unspecified atom stereocenters. The first-order valence-corrected chi connectivity index (χ1v) is 11.5. The third-order valence-corrected chi connectivity index (χ3v) is 6.41. The first-order chi connectivity index (χ1) is 14.8. The van der Waals surface area contributed by atoms with E-state index in [9.17, 15) is 4.39 Å². The topological polar surface area (TPSA) is 12.9 Å². The van der Waals surface area contributed by atoms with Crippen LogP contribution in [-0.4, -0.2) is 4.98 Å². The van der Waals surface area contributed by atoms with Gasteiger partial charge in [-0.2, -0.15) is 0 Å². The maximum atomic E-state index is 13.8. The minimum atomic E-state index is -0.209. The van der Waals surface area contributed by atoms with Crippen molar-refractivity contribution in [2.24, 2.45) is 5.92 Å². The minimum absolute atomic E-state index is 0.0925. The largest absolute Gasteiger partial charge is 0.256 e. The van der Waals surface area contributed by atoms with E-state index in [-0.39, 0.29) is 11.2 Å². The summed E-state index contributed by atoms with van der Waals surface area (Å²) in [6.45, 7) is 16.9. The molecule has 1 aromatic carbocycles. The molecule has 0 spiro atoms. The first-order valence-electron chi connectivity index (χ1n) is 11.5. The molecule has 0 N–H and O–H groups in total. The fourth-order valence-corrected chi connectivity index (χ4v) is 4.43. The molecule has 0 radical (unpaired) electrons.